The van der Waals surface area contributed by atoms with Crippen molar-refractivity contribution in [3.05, 3.63) is 0 Å². The zero-order chi connectivity index (χ0) is 28.5. The van der Waals surface area contributed by atoms with E-state index in [9.17, 15) is 35.1 Å². The second-order valence-corrected chi connectivity index (χ2v) is 11.5. The lowest BCUT2D eigenvalue weighted by Gasteiger charge is -2.30. The Labute approximate surface area is 221 Å². The molecule has 0 bridgehead atoms. The molecule has 0 radical (unpaired) electrons. The molecule has 0 aromatic heterocycles. The molecule has 1 aliphatic rings. The number of aliphatic hydroxyl groups excluding tert-OH is 5. The van der Waals surface area contributed by atoms with Crippen LogP contribution in [-0.4, -0.2) is 92.9 Å². The zero-order valence-corrected chi connectivity index (χ0v) is 23.5. The summed E-state index contributed by atoms with van der Waals surface area (Å²) >= 11 is 0. The molecule has 0 amide bonds. The van der Waals surface area contributed by atoms with Gasteiger partial charge in [0.25, 0.3) is 0 Å². The first-order valence-corrected chi connectivity index (χ1v) is 13.5. The highest BCUT2D eigenvalue weighted by Gasteiger charge is 2.44. The summed E-state index contributed by atoms with van der Waals surface area (Å²) in [6.45, 7) is 12.6. The Morgan fingerprint density at radius 2 is 1.41 bits per heavy atom. The van der Waals surface area contributed by atoms with Crippen molar-refractivity contribution in [1.29, 1.82) is 0 Å². The SMILES string of the molecule is CC[C@@H](C)[C@H](CC(O)CC(=O)C(C)(C)C)OC(=O)C[C@@H](O)C[C@H](OC1O[C@@H](CO)[C@H](O)[C@H]1O)[C@H](C)CC. The first-order valence-electron chi connectivity index (χ1n) is 13.5. The molecule has 0 aromatic rings. The van der Waals surface area contributed by atoms with Crippen LogP contribution in [0, 0.1) is 17.3 Å². The number of rotatable bonds is 16. The van der Waals surface area contributed by atoms with Gasteiger partial charge >= 0.3 is 5.97 Å². The first kappa shape index (κ1) is 33.9. The summed E-state index contributed by atoms with van der Waals surface area (Å²) in [5.41, 5.74) is -0.571. The molecule has 1 fully saturated rings. The third kappa shape index (κ3) is 10.9. The number of ketones is 1. The minimum atomic E-state index is -1.35. The minimum absolute atomic E-state index is 0.0224. The van der Waals surface area contributed by atoms with Crippen LogP contribution in [0.5, 0.6) is 0 Å². The molecule has 10 atom stereocenters. The number of Topliss-reactive ketones (excluding diaryl/α,β-unsaturated/α-hetero) is 1. The van der Waals surface area contributed by atoms with Crippen molar-refractivity contribution >= 4 is 11.8 Å². The average molecular weight is 535 g/mol. The molecular formula is C27H50O10. The summed E-state index contributed by atoms with van der Waals surface area (Å²) in [7, 11) is 0. The van der Waals surface area contributed by atoms with E-state index in [1.165, 1.54) is 0 Å². The lowest BCUT2D eigenvalue weighted by molar-refractivity contribution is -0.208. The zero-order valence-electron chi connectivity index (χ0n) is 23.5. The van der Waals surface area contributed by atoms with Gasteiger partial charge in [-0.15, -0.1) is 0 Å². The van der Waals surface area contributed by atoms with E-state index in [0.29, 0.717) is 12.8 Å². The maximum atomic E-state index is 12.7. The molecular weight excluding hydrogens is 484 g/mol. The van der Waals surface area contributed by atoms with Crippen LogP contribution in [0.2, 0.25) is 0 Å². The molecule has 2 unspecified atom stereocenters. The van der Waals surface area contributed by atoms with Crippen LogP contribution < -0.4 is 0 Å². The van der Waals surface area contributed by atoms with E-state index in [0.717, 1.165) is 0 Å². The van der Waals surface area contributed by atoms with Gasteiger partial charge in [0, 0.05) is 24.7 Å². The largest absolute Gasteiger partial charge is 0.462 e. The molecule has 37 heavy (non-hydrogen) atoms. The Bertz CT molecular complexity index is 693. The summed E-state index contributed by atoms with van der Waals surface area (Å²) in [4.78, 5) is 25.0. The highest BCUT2D eigenvalue weighted by Crippen LogP contribution is 2.28. The van der Waals surface area contributed by atoms with Crippen molar-refractivity contribution in [3.63, 3.8) is 0 Å². The summed E-state index contributed by atoms with van der Waals surface area (Å²) in [5.74, 6) is -0.809. The van der Waals surface area contributed by atoms with Crippen LogP contribution in [0.1, 0.15) is 87.0 Å². The molecule has 1 saturated heterocycles. The highest BCUT2D eigenvalue weighted by atomic mass is 16.7. The van der Waals surface area contributed by atoms with E-state index in [1.807, 2.05) is 27.7 Å². The Kier molecular flexibility index (Phi) is 14.2. The maximum absolute atomic E-state index is 12.7. The van der Waals surface area contributed by atoms with Crippen molar-refractivity contribution in [2.24, 2.45) is 17.3 Å². The second-order valence-electron chi connectivity index (χ2n) is 11.5. The number of carbonyl (C=O) groups excluding carboxylic acids is 2. The van der Waals surface area contributed by atoms with E-state index in [-0.39, 0.29) is 43.3 Å². The quantitative estimate of drug-likeness (QED) is 0.184. The van der Waals surface area contributed by atoms with Gasteiger partial charge in [-0.25, -0.2) is 0 Å². The summed E-state index contributed by atoms with van der Waals surface area (Å²) in [6.07, 6.45) is -6.75. The van der Waals surface area contributed by atoms with Crippen LogP contribution in [0.3, 0.4) is 0 Å². The third-order valence-electron chi connectivity index (χ3n) is 7.32. The van der Waals surface area contributed by atoms with Gasteiger partial charge in [-0.1, -0.05) is 61.3 Å². The molecule has 0 aliphatic carbocycles. The number of aliphatic hydroxyl groups is 5. The summed E-state index contributed by atoms with van der Waals surface area (Å²) < 4.78 is 16.9. The van der Waals surface area contributed by atoms with Crippen LogP contribution >= 0.6 is 0 Å². The number of esters is 1. The Hall–Kier alpha value is -1.14. The molecule has 1 rings (SSSR count). The van der Waals surface area contributed by atoms with Crippen molar-refractivity contribution < 1.29 is 49.3 Å². The van der Waals surface area contributed by atoms with Crippen molar-refractivity contribution in [2.45, 2.75) is 136 Å². The summed E-state index contributed by atoms with van der Waals surface area (Å²) in [5, 5.41) is 50.6. The normalized spacial score (nSPS) is 27.2. The van der Waals surface area contributed by atoms with Gasteiger partial charge in [0.1, 0.15) is 30.2 Å². The lowest BCUT2D eigenvalue weighted by Crippen LogP contribution is -2.39. The van der Waals surface area contributed by atoms with Crippen molar-refractivity contribution in [1.82, 2.24) is 0 Å². The number of hydrogen-bond acceptors (Lipinski definition) is 10. The monoisotopic (exact) mass is 534 g/mol. The van der Waals surface area contributed by atoms with Crippen LogP contribution in [0.4, 0.5) is 0 Å². The lowest BCUT2D eigenvalue weighted by atomic mass is 9.86. The van der Waals surface area contributed by atoms with Gasteiger partial charge in [0.2, 0.25) is 0 Å². The van der Waals surface area contributed by atoms with Gasteiger partial charge < -0.3 is 39.7 Å². The van der Waals surface area contributed by atoms with Gasteiger partial charge in [-0.05, 0) is 11.8 Å². The van der Waals surface area contributed by atoms with E-state index in [4.69, 9.17) is 14.2 Å². The smallest absolute Gasteiger partial charge is 0.308 e. The minimum Gasteiger partial charge on any atom is -0.462 e. The maximum Gasteiger partial charge on any atom is 0.308 e. The molecule has 1 heterocycles. The fourth-order valence-corrected chi connectivity index (χ4v) is 4.13. The number of hydrogen-bond donors (Lipinski definition) is 5. The topological polar surface area (TPSA) is 163 Å². The van der Waals surface area contributed by atoms with Crippen molar-refractivity contribution in [2.75, 3.05) is 6.61 Å². The van der Waals surface area contributed by atoms with E-state index >= 15 is 0 Å². The van der Waals surface area contributed by atoms with Crippen LogP contribution in [0.25, 0.3) is 0 Å². The van der Waals surface area contributed by atoms with Gasteiger partial charge in [-0.2, -0.15) is 0 Å². The Balaban J connectivity index is 2.74. The third-order valence-corrected chi connectivity index (χ3v) is 7.32. The van der Waals surface area contributed by atoms with E-state index in [2.05, 4.69) is 0 Å². The van der Waals surface area contributed by atoms with Crippen LogP contribution in [-0.2, 0) is 23.8 Å². The molecule has 218 valence electrons. The second kappa shape index (κ2) is 15.5. The molecule has 0 spiro atoms. The van der Waals surface area contributed by atoms with Gasteiger partial charge in [0.05, 0.1) is 31.3 Å². The van der Waals surface area contributed by atoms with E-state index < -0.39 is 67.0 Å². The predicted octanol–water partition coefficient (Wildman–Crippen LogP) is 1.71. The average Bonchev–Trinajstić information content (AvgIpc) is 3.09. The van der Waals surface area contributed by atoms with E-state index in [1.54, 1.807) is 20.8 Å². The molecule has 10 heteroatoms. The van der Waals surface area contributed by atoms with Crippen molar-refractivity contribution in [3.8, 4) is 0 Å². The fraction of sp³-hybridized carbons (Fsp3) is 0.926. The van der Waals surface area contributed by atoms with Crippen LogP contribution in [0.15, 0.2) is 0 Å². The molecule has 1 aliphatic heterocycles. The Morgan fingerprint density at radius 3 is 1.89 bits per heavy atom. The number of carbonyl (C=O) groups is 2. The summed E-state index contributed by atoms with van der Waals surface area (Å²) in [6, 6.07) is 0. The number of ether oxygens (including phenoxy) is 3. The van der Waals surface area contributed by atoms with Gasteiger partial charge in [0.15, 0.2) is 6.29 Å². The molecule has 0 saturated carbocycles. The standard InChI is InChI=1S/C27H50O10/c1-8-15(3)19(10-17(29)12-22(31)27(5,6)7)35-23(32)13-18(30)11-20(16(4)9-2)36-26-25(34)24(33)21(14-28)37-26/h15-21,24-26,28-30,33-34H,8-14H2,1-7H3/t15-,16-,17?,18+,19+,20+,21+,24+,25-,26?/m1/s1. The first-order chi connectivity index (χ1) is 17.1. The highest BCUT2D eigenvalue weighted by molar-refractivity contribution is 5.84. The Morgan fingerprint density at radius 1 is 0.892 bits per heavy atom. The molecule has 0 aromatic carbocycles. The fourth-order valence-electron chi connectivity index (χ4n) is 4.13. The van der Waals surface area contributed by atoms with Gasteiger partial charge in [-0.3, -0.25) is 9.59 Å². The predicted molar refractivity (Wildman–Crippen MR) is 136 cm³/mol. The molecule has 5 N–H and O–H groups in total. The molecule has 10 nitrogen and oxygen atoms in total.